The van der Waals surface area contributed by atoms with Crippen molar-refractivity contribution in [1.82, 2.24) is 5.32 Å². The molecule has 3 aromatic rings. The summed E-state index contributed by atoms with van der Waals surface area (Å²) in [6.45, 7) is 1.68. The molecule has 0 aromatic heterocycles. The van der Waals surface area contributed by atoms with E-state index in [0.29, 0.717) is 11.3 Å². The van der Waals surface area contributed by atoms with Crippen molar-refractivity contribution in [2.75, 3.05) is 4.90 Å². The number of nitrogens with zero attached hydrogens (tertiary/aromatic N) is 1. The van der Waals surface area contributed by atoms with Crippen molar-refractivity contribution >= 4 is 34.2 Å². The van der Waals surface area contributed by atoms with Crippen molar-refractivity contribution in [3.05, 3.63) is 72.3 Å². The van der Waals surface area contributed by atoms with Crippen LogP contribution >= 0.6 is 0 Å². The molecular formula is C25H22N2O5. The largest absolute Gasteiger partial charge is 0.508 e. The van der Waals surface area contributed by atoms with E-state index in [1.807, 2.05) is 30.3 Å². The van der Waals surface area contributed by atoms with Gasteiger partial charge in [0.05, 0.1) is 17.5 Å². The fraction of sp³-hybridized carbons (Fsp3) is 0.240. The lowest BCUT2D eigenvalue weighted by molar-refractivity contribution is -0.149. The molecule has 2 heterocycles. The van der Waals surface area contributed by atoms with Crippen LogP contribution in [0.2, 0.25) is 0 Å². The summed E-state index contributed by atoms with van der Waals surface area (Å²) in [5.74, 6) is -4.29. The number of amides is 2. The van der Waals surface area contributed by atoms with Crippen molar-refractivity contribution < 1.29 is 24.6 Å². The Morgan fingerprint density at radius 2 is 1.69 bits per heavy atom. The number of aromatic hydroxyl groups is 1. The first-order chi connectivity index (χ1) is 15.4. The van der Waals surface area contributed by atoms with Crippen LogP contribution < -0.4 is 10.2 Å². The van der Waals surface area contributed by atoms with Gasteiger partial charge in [0, 0.05) is 17.0 Å². The van der Waals surface area contributed by atoms with Crippen molar-refractivity contribution in [3.8, 4) is 5.75 Å². The van der Waals surface area contributed by atoms with Crippen LogP contribution in [0.25, 0.3) is 10.8 Å². The number of phenols is 1. The number of nitrogens with one attached hydrogen (secondary N) is 1. The number of benzene rings is 3. The fourth-order valence-corrected chi connectivity index (χ4v) is 5.33. The number of para-hydroxylation sites is 1. The van der Waals surface area contributed by atoms with E-state index in [9.17, 15) is 24.6 Å². The van der Waals surface area contributed by atoms with E-state index in [1.165, 1.54) is 6.07 Å². The van der Waals surface area contributed by atoms with Gasteiger partial charge in [-0.3, -0.25) is 19.7 Å². The molecule has 7 nitrogen and oxygen atoms in total. The number of rotatable bonds is 4. The van der Waals surface area contributed by atoms with Gasteiger partial charge in [0.15, 0.2) is 0 Å². The number of hydrogen-bond donors (Lipinski definition) is 3. The second-order valence-corrected chi connectivity index (χ2v) is 8.32. The number of aliphatic carboxylic acids is 1. The van der Waals surface area contributed by atoms with Gasteiger partial charge < -0.3 is 10.2 Å². The number of carbonyl (C=O) groups is 3. The number of carboxylic acids is 1. The molecule has 2 aliphatic heterocycles. The average molecular weight is 430 g/mol. The third kappa shape index (κ3) is 2.61. The van der Waals surface area contributed by atoms with Gasteiger partial charge in [-0.25, -0.2) is 4.90 Å². The fourth-order valence-electron chi connectivity index (χ4n) is 5.33. The lowest BCUT2D eigenvalue weighted by atomic mass is 9.78. The molecule has 0 spiro atoms. The Balaban J connectivity index is 1.70. The smallest absolute Gasteiger partial charge is 0.324 e. The number of anilines is 1. The van der Waals surface area contributed by atoms with Gasteiger partial charge in [0.1, 0.15) is 11.3 Å². The highest BCUT2D eigenvalue weighted by molar-refractivity contribution is 6.26. The van der Waals surface area contributed by atoms with E-state index in [4.69, 9.17) is 0 Å². The third-order valence-corrected chi connectivity index (χ3v) is 6.87. The molecule has 2 saturated heterocycles. The Labute approximate surface area is 184 Å². The summed E-state index contributed by atoms with van der Waals surface area (Å²) in [6.07, 6.45) is 0.107. The van der Waals surface area contributed by atoms with Gasteiger partial charge in [-0.05, 0) is 23.9 Å². The highest BCUT2D eigenvalue weighted by atomic mass is 16.4. The average Bonchev–Trinajstić information content (AvgIpc) is 3.28. The lowest BCUT2D eigenvalue weighted by Gasteiger charge is -2.30. The molecule has 2 amide bonds. The Kier molecular flexibility index (Phi) is 4.53. The number of carbonyl (C=O) groups excluding carboxylic acids is 2. The van der Waals surface area contributed by atoms with Crippen LogP contribution in [0.5, 0.6) is 5.75 Å². The van der Waals surface area contributed by atoms with Gasteiger partial charge in [-0.2, -0.15) is 0 Å². The monoisotopic (exact) mass is 430 g/mol. The minimum absolute atomic E-state index is 0.0510. The predicted molar refractivity (Wildman–Crippen MR) is 118 cm³/mol. The Bertz CT molecular complexity index is 1270. The Morgan fingerprint density at radius 3 is 2.41 bits per heavy atom. The van der Waals surface area contributed by atoms with E-state index < -0.39 is 41.2 Å². The van der Waals surface area contributed by atoms with Crippen LogP contribution in [-0.4, -0.2) is 33.5 Å². The third-order valence-electron chi connectivity index (χ3n) is 6.87. The number of fused-ring (bicyclic) bond motifs is 2. The van der Waals surface area contributed by atoms with Crippen LogP contribution in [-0.2, 0) is 14.4 Å². The summed E-state index contributed by atoms with van der Waals surface area (Å²) in [5, 5.41) is 25.3. The molecule has 5 rings (SSSR count). The van der Waals surface area contributed by atoms with Gasteiger partial charge in [-0.15, -0.1) is 0 Å². The molecule has 32 heavy (non-hydrogen) atoms. The molecule has 2 fully saturated rings. The van der Waals surface area contributed by atoms with Gasteiger partial charge >= 0.3 is 5.97 Å². The first-order valence-corrected chi connectivity index (χ1v) is 10.5. The maximum absolute atomic E-state index is 13.8. The standard InChI is InChI=1S/C25H22N2O5/c1-2-25(24(31)32)20-19(21(26-25)16-11-5-6-13-18(16)28)22(29)27(23(20)30)17-12-7-9-14-8-3-4-10-15(14)17/h3-13,19-21,26,28H,2H2,1H3,(H,31,32)/t19-,20+,21-,25+/m1/s1. The summed E-state index contributed by atoms with van der Waals surface area (Å²) in [6, 6.07) is 18.5. The summed E-state index contributed by atoms with van der Waals surface area (Å²) >= 11 is 0. The molecule has 4 atom stereocenters. The summed E-state index contributed by atoms with van der Waals surface area (Å²) < 4.78 is 0. The summed E-state index contributed by atoms with van der Waals surface area (Å²) in [5.41, 5.74) is -0.775. The Morgan fingerprint density at radius 1 is 1.00 bits per heavy atom. The van der Waals surface area contributed by atoms with Gasteiger partial charge in [0.2, 0.25) is 11.8 Å². The van der Waals surface area contributed by atoms with E-state index >= 15 is 0 Å². The number of carboxylic acid groups (broad SMARTS) is 1. The van der Waals surface area contributed by atoms with Crippen LogP contribution in [0.4, 0.5) is 5.69 Å². The molecule has 0 radical (unpaired) electrons. The normalized spacial score (nSPS) is 27.2. The molecule has 162 valence electrons. The number of imide groups is 1. The van der Waals surface area contributed by atoms with Crippen molar-refractivity contribution in [3.63, 3.8) is 0 Å². The molecule has 0 aliphatic carbocycles. The molecular weight excluding hydrogens is 408 g/mol. The minimum Gasteiger partial charge on any atom is -0.508 e. The first kappa shape index (κ1) is 20.2. The predicted octanol–water partition coefficient (Wildman–Crippen LogP) is 3.23. The van der Waals surface area contributed by atoms with E-state index in [0.717, 1.165) is 15.7 Å². The second kappa shape index (κ2) is 7.17. The van der Waals surface area contributed by atoms with Crippen molar-refractivity contribution in [2.24, 2.45) is 11.8 Å². The first-order valence-electron chi connectivity index (χ1n) is 10.5. The zero-order valence-electron chi connectivity index (χ0n) is 17.4. The maximum atomic E-state index is 13.8. The molecule has 0 saturated carbocycles. The zero-order chi connectivity index (χ0) is 22.6. The minimum atomic E-state index is -1.62. The topological polar surface area (TPSA) is 107 Å². The SMILES string of the molecule is CC[C@]1(C(=O)O)N[C@H](c2ccccc2O)[C@@H]2C(=O)N(c3cccc4ccccc34)C(=O)[C@H]21. The van der Waals surface area contributed by atoms with Gasteiger partial charge in [-0.1, -0.05) is 61.5 Å². The summed E-state index contributed by atoms with van der Waals surface area (Å²) in [4.78, 5) is 41.1. The Hall–Kier alpha value is -3.71. The van der Waals surface area contributed by atoms with Crippen LogP contribution in [0.15, 0.2) is 66.7 Å². The molecule has 3 aromatic carbocycles. The highest BCUT2D eigenvalue weighted by Gasteiger charge is 2.68. The van der Waals surface area contributed by atoms with E-state index in [1.54, 1.807) is 37.3 Å². The second-order valence-electron chi connectivity index (χ2n) is 8.32. The zero-order valence-corrected chi connectivity index (χ0v) is 17.4. The van der Waals surface area contributed by atoms with Crippen molar-refractivity contribution in [2.45, 2.75) is 24.9 Å². The summed E-state index contributed by atoms with van der Waals surface area (Å²) in [7, 11) is 0. The van der Waals surface area contributed by atoms with Crippen molar-refractivity contribution in [1.29, 1.82) is 0 Å². The van der Waals surface area contributed by atoms with Crippen LogP contribution in [0, 0.1) is 11.8 Å². The maximum Gasteiger partial charge on any atom is 0.324 e. The molecule has 0 unspecified atom stereocenters. The molecule has 0 bridgehead atoms. The number of phenolic OH excluding ortho intramolecular Hbond substituents is 1. The number of hydrogen-bond acceptors (Lipinski definition) is 5. The van der Waals surface area contributed by atoms with Crippen LogP contribution in [0.1, 0.15) is 24.9 Å². The lowest BCUT2D eigenvalue weighted by Crippen LogP contribution is -2.55. The van der Waals surface area contributed by atoms with E-state index in [-0.39, 0.29) is 12.2 Å². The molecule has 3 N–H and O–H groups in total. The quantitative estimate of drug-likeness (QED) is 0.549. The van der Waals surface area contributed by atoms with E-state index in [2.05, 4.69) is 5.32 Å². The van der Waals surface area contributed by atoms with Crippen LogP contribution in [0.3, 0.4) is 0 Å². The molecule has 2 aliphatic rings. The van der Waals surface area contributed by atoms with Gasteiger partial charge in [0.25, 0.3) is 0 Å². The molecule has 7 heteroatoms. The highest BCUT2D eigenvalue weighted by Crippen LogP contribution is 2.52.